The molecule has 0 aliphatic rings. The van der Waals surface area contributed by atoms with E-state index in [1.807, 2.05) is 0 Å². The number of aromatic nitrogens is 2. The van der Waals surface area contributed by atoms with Gasteiger partial charge >= 0.3 is 250 Å². The van der Waals surface area contributed by atoms with Gasteiger partial charge < -0.3 is 0 Å². The molecular weight excluding hydrogens is 751 g/mol. The monoisotopic (exact) mass is 798 g/mol. The zero-order valence-electron chi connectivity index (χ0n) is 26.3. The molecule has 0 bridgehead atoms. The Hall–Kier alpha value is -2.07. The van der Waals surface area contributed by atoms with Crippen molar-refractivity contribution in [3.63, 3.8) is 0 Å². The molecule has 0 aliphatic heterocycles. The van der Waals surface area contributed by atoms with Crippen molar-refractivity contribution in [3.8, 4) is 0 Å². The maximum atomic E-state index is 17.6. The Balaban J connectivity index is 3.32. The molecule has 3 rings (SSSR count). The van der Waals surface area contributed by atoms with Crippen molar-refractivity contribution in [2.24, 2.45) is 0 Å². The number of imidazole rings is 1. The number of hydrogen-bond acceptors (Lipinski definition) is 1. The molecule has 10 heteroatoms. The number of H-pyrrole nitrogens is 2. The Morgan fingerprint density at radius 3 is 1.19 bits per heavy atom. The van der Waals surface area contributed by atoms with Crippen LogP contribution in [0.1, 0.15) is 114 Å². The third-order valence-corrected chi connectivity index (χ3v) is 30.1. The van der Waals surface area contributed by atoms with Crippen LogP contribution < -0.4 is 7.56 Å². The third kappa shape index (κ3) is 4.20. The zero-order chi connectivity index (χ0) is 32.7. The number of halogens is 6. The van der Waals surface area contributed by atoms with E-state index in [9.17, 15) is 5.11 Å². The normalized spacial score (nSPS) is 15.0. The fourth-order valence-electron chi connectivity index (χ4n) is 5.93. The number of hydrogen-bond donors (Lipinski definition) is 3. The van der Waals surface area contributed by atoms with Gasteiger partial charge in [-0.3, -0.25) is 0 Å². The van der Waals surface area contributed by atoms with Crippen LogP contribution in [0.2, 0.25) is 4.64 Å². The average Bonchev–Trinajstić information content (AvgIpc) is 3.45. The van der Waals surface area contributed by atoms with Crippen molar-refractivity contribution in [2.45, 2.75) is 105 Å². The Kier molecular flexibility index (Phi) is 9.63. The van der Waals surface area contributed by atoms with Crippen molar-refractivity contribution in [1.29, 1.82) is 0 Å². The van der Waals surface area contributed by atoms with Gasteiger partial charge in [-0.05, 0) is 0 Å². The Morgan fingerprint density at radius 1 is 0.605 bits per heavy atom. The molecule has 0 saturated heterocycles. The van der Waals surface area contributed by atoms with E-state index >= 15 is 26.3 Å². The minimum atomic E-state index is -9.36. The molecule has 3 nitrogen and oxygen atoms in total. The summed E-state index contributed by atoms with van der Waals surface area (Å²) in [6.07, 6.45) is 1.58. The second-order valence-corrected chi connectivity index (χ2v) is 28.1. The standard InChI is InChI=1S/2C12H17.C4H9O.C3H4N2.2CF3.Au/c2*1-9(2)11-6-5-7-12(8-11)10(3)4;1-2-3-4-5;1-2-5-3-4-1;2*2-1(3)4;/h2*5-7,9-10H,1-4H3;5H,1-4H2;1-2,4-5H;;;. The van der Waals surface area contributed by atoms with Crippen LogP contribution in [0.4, 0.5) is 26.3 Å². The second-order valence-electron chi connectivity index (χ2n) is 12.1. The van der Waals surface area contributed by atoms with E-state index in [4.69, 9.17) is 0 Å². The zero-order valence-corrected chi connectivity index (χ0v) is 28.4. The number of aliphatic hydroxyl groups excluding tert-OH is 1. The summed E-state index contributed by atoms with van der Waals surface area (Å²) in [5, 5.41) is 9.82. The molecule has 0 radical (unpaired) electrons. The summed E-state index contributed by atoms with van der Waals surface area (Å²) < 4.78 is 90.4. The Bertz CT molecular complexity index is 1410. The molecule has 0 atom stereocenters. The van der Waals surface area contributed by atoms with Gasteiger partial charge in [-0.1, -0.05) is 0 Å². The van der Waals surface area contributed by atoms with Crippen molar-refractivity contribution in [3.05, 3.63) is 74.7 Å². The van der Waals surface area contributed by atoms with E-state index in [0.717, 1.165) is 12.4 Å². The van der Waals surface area contributed by atoms with Crippen LogP contribution in [0.15, 0.2) is 48.8 Å². The maximum absolute atomic E-state index is 17.6. The van der Waals surface area contributed by atoms with Crippen molar-refractivity contribution in [1.82, 2.24) is 9.97 Å². The molecule has 0 fully saturated rings. The number of aliphatic hydroxyl groups is 1. The van der Waals surface area contributed by atoms with Gasteiger partial charge in [0.1, 0.15) is 0 Å². The van der Waals surface area contributed by atoms with Crippen LogP contribution >= 0.6 is 0 Å². The quantitative estimate of drug-likeness (QED) is 0.107. The van der Waals surface area contributed by atoms with Crippen molar-refractivity contribution >= 4 is 7.56 Å². The predicted molar refractivity (Wildman–Crippen MR) is 160 cm³/mol. The van der Waals surface area contributed by atoms with E-state index in [0.29, 0.717) is 0 Å². The number of aromatic amines is 2. The molecule has 3 aromatic rings. The molecule has 0 unspecified atom stereocenters. The molecule has 1 aromatic heterocycles. The summed E-state index contributed by atoms with van der Waals surface area (Å²) in [5.41, 5.74) is 0.173. The molecule has 1 heterocycles. The van der Waals surface area contributed by atoms with Gasteiger partial charge in [0.15, 0.2) is 0 Å². The molecule has 248 valence electrons. The van der Waals surface area contributed by atoms with Gasteiger partial charge in [0.25, 0.3) is 0 Å². The first-order valence-corrected chi connectivity index (χ1v) is 21.5. The van der Waals surface area contributed by atoms with E-state index in [1.165, 1.54) is 24.3 Å². The van der Waals surface area contributed by atoms with Gasteiger partial charge in [-0.25, -0.2) is 0 Å². The third-order valence-electron chi connectivity index (χ3n) is 8.04. The summed E-state index contributed by atoms with van der Waals surface area (Å²) in [4.78, 5) is 5.16. The van der Waals surface area contributed by atoms with Crippen LogP contribution in [0, 0.1) is 3.63 Å². The summed E-state index contributed by atoms with van der Waals surface area (Å²) in [6.45, 7) is 12.7. The number of unbranched alkanes of at least 4 members (excludes halogenated alkanes) is 1. The van der Waals surface area contributed by atoms with E-state index in [-0.39, 0.29) is 28.7 Å². The van der Waals surface area contributed by atoms with Crippen LogP contribution in [-0.4, -0.2) is 30.5 Å². The molecule has 0 spiro atoms. The number of benzene rings is 2. The van der Waals surface area contributed by atoms with Gasteiger partial charge in [0.05, 0.1) is 0 Å². The Labute approximate surface area is 249 Å². The van der Waals surface area contributed by atoms with Gasteiger partial charge in [-0.2, -0.15) is 0 Å². The second kappa shape index (κ2) is 11.7. The van der Waals surface area contributed by atoms with E-state index < -0.39 is 75.4 Å². The fraction of sp³-hybridized carbons (Fsp3) is 0.545. The molecule has 2 aromatic carbocycles. The van der Waals surface area contributed by atoms with E-state index in [1.54, 1.807) is 67.5 Å². The summed E-state index contributed by atoms with van der Waals surface area (Å²) in [6, 6.07) is 8.97. The van der Waals surface area contributed by atoms with Crippen LogP contribution in [-0.2, 0) is 14.0 Å². The molecular formula is C33H47AuF6N2O. The summed E-state index contributed by atoms with van der Waals surface area (Å²) in [5.74, 6) is -2.63. The fourth-order valence-corrected chi connectivity index (χ4v) is 29.3. The molecule has 0 amide bonds. The first kappa shape index (κ1) is 35.4. The SMILES string of the molecule is CC(C)c1cccc(C(C)C)[c]1[Au]([CH2]CCCO)([c]1c(C(C)C)cccc1C(C)C)(=[c]1[nH]cc[nH]1)([C](F)(F)F)[C](F)(F)F. The molecule has 0 aliphatic carbocycles. The topological polar surface area (TPSA) is 51.8 Å². The number of rotatable bonds is 10. The van der Waals surface area contributed by atoms with Gasteiger partial charge in [0.2, 0.25) is 0 Å². The molecule has 43 heavy (non-hydrogen) atoms. The van der Waals surface area contributed by atoms with Crippen LogP contribution in [0.3, 0.4) is 0 Å². The number of alkyl halides is 6. The first-order chi connectivity index (χ1) is 19.8. The summed E-state index contributed by atoms with van der Waals surface area (Å²) in [7, 11) is 0. The molecule has 0 saturated carbocycles. The Morgan fingerprint density at radius 2 is 0.930 bits per heavy atom. The summed E-state index contributed by atoms with van der Waals surface area (Å²) >= 11 is -9.36. The first-order valence-electron chi connectivity index (χ1n) is 14.6. The van der Waals surface area contributed by atoms with Crippen molar-refractivity contribution < 1.29 is 45.5 Å². The van der Waals surface area contributed by atoms with Crippen molar-refractivity contribution in [2.75, 3.05) is 6.61 Å². The van der Waals surface area contributed by atoms with Gasteiger partial charge in [-0.15, -0.1) is 0 Å². The predicted octanol–water partition coefficient (Wildman–Crippen LogP) is 9.48. The average molecular weight is 799 g/mol. The van der Waals surface area contributed by atoms with Crippen LogP contribution in [0.25, 0.3) is 0 Å². The molecule has 3 N–H and O–H groups in total. The van der Waals surface area contributed by atoms with E-state index in [2.05, 4.69) is 9.97 Å². The number of nitrogens with one attached hydrogen (secondary N) is 2. The minimum absolute atomic E-state index is 0.0432. The van der Waals surface area contributed by atoms with Crippen LogP contribution in [0.5, 0.6) is 0 Å². The van der Waals surface area contributed by atoms with Gasteiger partial charge in [0, 0.05) is 0 Å².